The lowest BCUT2D eigenvalue weighted by Gasteiger charge is -2.41. The molecule has 0 spiro atoms. The monoisotopic (exact) mass is 276 g/mol. The van der Waals surface area contributed by atoms with Crippen LogP contribution in [0.5, 0.6) is 0 Å². The summed E-state index contributed by atoms with van der Waals surface area (Å²) in [5.74, 6) is -3.10. The fourth-order valence-electron chi connectivity index (χ4n) is 1.97. The first-order valence-corrected chi connectivity index (χ1v) is 7.07. The minimum Gasteiger partial charge on any atom is -0.370 e. The Balaban J connectivity index is 2.33. The van der Waals surface area contributed by atoms with Crippen LogP contribution in [0.25, 0.3) is 0 Å². The summed E-state index contributed by atoms with van der Waals surface area (Å²) >= 11 is 0. The third-order valence-corrected chi connectivity index (χ3v) is 4.46. The quantitative estimate of drug-likeness (QED) is 0.893. The van der Waals surface area contributed by atoms with E-state index in [0.717, 1.165) is 0 Å². The second kappa shape index (κ2) is 4.81. The third-order valence-electron chi connectivity index (χ3n) is 3.04. The Morgan fingerprint density at radius 2 is 1.94 bits per heavy atom. The summed E-state index contributed by atoms with van der Waals surface area (Å²) in [6, 6.07) is 5.84. The van der Waals surface area contributed by atoms with Crippen LogP contribution in [-0.2, 0) is 9.84 Å². The van der Waals surface area contributed by atoms with Gasteiger partial charge in [-0.25, -0.2) is 8.42 Å². The summed E-state index contributed by atoms with van der Waals surface area (Å²) < 4.78 is 48.3. The number of para-hydroxylation sites is 1. The number of hydrogen-bond donors (Lipinski definition) is 1. The van der Waals surface area contributed by atoms with Crippen molar-refractivity contribution in [3.63, 3.8) is 0 Å². The van der Waals surface area contributed by atoms with Gasteiger partial charge < -0.3 is 10.6 Å². The lowest BCUT2D eigenvalue weighted by atomic mass is 10.00. The second-order valence-corrected chi connectivity index (χ2v) is 6.17. The normalized spacial score (nSPS) is 17.0. The van der Waals surface area contributed by atoms with Crippen LogP contribution in [0.2, 0.25) is 0 Å². The maximum absolute atomic E-state index is 12.6. The largest absolute Gasteiger partial charge is 0.370 e. The smallest absolute Gasteiger partial charge is 0.341 e. The molecular formula is C11H14F2N2O2S. The Morgan fingerprint density at radius 1 is 1.33 bits per heavy atom. The molecule has 18 heavy (non-hydrogen) atoms. The zero-order chi connectivity index (χ0) is 13.3. The average Bonchev–Trinajstić information content (AvgIpc) is 2.28. The van der Waals surface area contributed by atoms with Gasteiger partial charge in [0, 0.05) is 19.0 Å². The number of alkyl halides is 2. The number of nitrogens with zero attached hydrogens (tertiary/aromatic N) is 1. The first kappa shape index (κ1) is 13.2. The molecule has 1 aliphatic rings. The van der Waals surface area contributed by atoms with Gasteiger partial charge in [0.1, 0.15) is 0 Å². The minimum atomic E-state index is -4.56. The van der Waals surface area contributed by atoms with Gasteiger partial charge >= 0.3 is 5.76 Å². The van der Waals surface area contributed by atoms with Gasteiger partial charge in [0.25, 0.3) is 0 Å². The summed E-state index contributed by atoms with van der Waals surface area (Å²) in [4.78, 5) is 1.45. The Kier molecular flexibility index (Phi) is 3.54. The number of hydrogen-bond acceptors (Lipinski definition) is 4. The predicted octanol–water partition coefficient (Wildman–Crippen LogP) is 1.08. The maximum Gasteiger partial charge on any atom is 0.341 e. The molecule has 2 N–H and O–H groups in total. The number of rotatable bonds is 4. The number of benzene rings is 1. The van der Waals surface area contributed by atoms with Crippen LogP contribution in [0.4, 0.5) is 14.5 Å². The zero-order valence-electron chi connectivity index (χ0n) is 9.59. The third kappa shape index (κ3) is 2.20. The summed E-state index contributed by atoms with van der Waals surface area (Å²) in [6.07, 6.45) is 0. The van der Waals surface area contributed by atoms with E-state index in [0.29, 0.717) is 31.2 Å². The van der Waals surface area contributed by atoms with Gasteiger partial charge in [-0.1, -0.05) is 12.1 Å². The molecule has 100 valence electrons. The van der Waals surface area contributed by atoms with E-state index >= 15 is 0 Å². The summed E-state index contributed by atoms with van der Waals surface area (Å²) in [7, 11) is -4.56. The van der Waals surface area contributed by atoms with Crippen LogP contribution >= 0.6 is 0 Å². The van der Waals surface area contributed by atoms with Gasteiger partial charge in [-0.2, -0.15) is 8.78 Å². The first-order valence-electron chi connectivity index (χ1n) is 5.53. The summed E-state index contributed by atoms with van der Waals surface area (Å²) in [5.41, 5.74) is 5.82. The Bertz CT molecular complexity index is 528. The lowest BCUT2D eigenvalue weighted by Crippen LogP contribution is -2.50. The molecule has 1 aromatic carbocycles. The van der Waals surface area contributed by atoms with Crippen molar-refractivity contribution in [1.82, 2.24) is 0 Å². The van der Waals surface area contributed by atoms with Crippen molar-refractivity contribution < 1.29 is 17.2 Å². The van der Waals surface area contributed by atoms with E-state index in [1.54, 1.807) is 17.0 Å². The van der Waals surface area contributed by atoms with E-state index in [1.165, 1.54) is 12.1 Å². The van der Waals surface area contributed by atoms with Gasteiger partial charge in [-0.05, 0) is 18.7 Å². The van der Waals surface area contributed by atoms with E-state index in [4.69, 9.17) is 5.73 Å². The fraction of sp³-hybridized carbons (Fsp3) is 0.455. The molecule has 1 aliphatic heterocycles. The highest BCUT2D eigenvalue weighted by Crippen LogP contribution is 2.32. The minimum absolute atomic E-state index is 0.298. The molecule has 0 radical (unpaired) electrons. The van der Waals surface area contributed by atoms with Crippen molar-refractivity contribution in [3.05, 3.63) is 24.3 Å². The molecular weight excluding hydrogens is 262 g/mol. The van der Waals surface area contributed by atoms with Gasteiger partial charge in [0.2, 0.25) is 9.84 Å². The Morgan fingerprint density at radius 3 is 2.50 bits per heavy atom. The van der Waals surface area contributed by atoms with Crippen LogP contribution in [0.3, 0.4) is 0 Å². The van der Waals surface area contributed by atoms with Crippen LogP contribution < -0.4 is 10.6 Å². The van der Waals surface area contributed by atoms with Gasteiger partial charge in [0.15, 0.2) is 0 Å². The summed E-state index contributed by atoms with van der Waals surface area (Å²) in [6.45, 7) is 1.72. The molecule has 1 fully saturated rings. The van der Waals surface area contributed by atoms with Gasteiger partial charge in [-0.15, -0.1) is 0 Å². The van der Waals surface area contributed by atoms with Gasteiger partial charge in [-0.3, -0.25) is 0 Å². The highest BCUT2D eigenvalue weighted by molar-refractivity contribution is 7.91. The van der Waals surface area contributed by atoms with Crippen molar-refractivity contribution in [1.29, 1.82) is 0 Å². The van der Waals surface area contributed by atoms with Crippen molar-refractivity contribution in [2.45, 2.75) is 10.7 Å². The van der Waals surface area contributed by atoms with Crippen LogP contribution in [0.15, 0.2) is 29.2 Å². The first-order chi connectivity index (χ1) is 8.46. The van der Waals surface area contributed by atoms with Crippen molar-refractivity contribution in [2.75, 3.05) is 24.5 Å². The molecule has 0 aliphatic carbocycles. The molecule has 0 atom stereocenters. The molecule has 1 aromatic rings. The van der Waals surface area contributed by atoms with Crippen molar-refractivity contribution >= 4 is 15.5 Å². The van der Waals surface area contributed by atoms with Crippen molar-refractivity contribution in [3.8, 4) is 0 Å². The standard InChI is InChI=1S/C11H14F2N2O2S/c12-11(13)18(16,17)10-4-2-1-3-9(10)15-6-8(5-14)7-15/h1-4,8,11H,5-7,14H2. The molecule has 2 rings (SSSR count). The van der Waals surface area contributed by atoms with E-state index in [1.807, 2.05) is 0 Å². The van der Waals surface area contributed by atoms with Crippen molar-refractivity contribution in [2.24, 2.45) is 11.7 Å². The molecule has 0 unspecified atom stereocenters. The molecule has 0 amide bonds. The SMILES string of the molecule is NCC1CN(c2ccccc2S(=O)(=O)C(F)F)C1. The average molecular weight is 276 g/mol. The molecule has 7 heteroatoms. The van der Waals surface area contributed by atoms with Crippen LogP contribution in [0.1, 0.15) is 0 Å². The fourth-order valence-corrected chi connectivity index (χ4v) is 2.92. The highest BCUT2D eigenvalue weighted by atomic mass is 32.2. The topological polar surface area (TPSA) is 63.4 Å². The Labute approximate surface area is 104 Å². The number of anilines is 1. The van der Waals surface area contributed by atoms with E-state index < -0.39 is 15.6 Å². The number of sulfone groups is 1. The molecule has 1 saturated heterocycles. The van der Waals surface area contributed by atoms with Gasteiger partial charge in [0.05, 0.1) is 10.6 Å². The molecule has 4 nitrogen and oxygen atoms in total. The lowest BCUT2D eigenvalue weighted by molar-refractivity contribution is 0.234. The summed E-state index contributed by atoms with van der Waals surface area (Å²) in [5, 5.41) is 0. The Hall–Kier alpha value is -1.21. The maximum atomic E-state index is 12.6. The highest BCUT2D eigenvalue weighted by Gasteiger charge is 2.34. The predicted molar refractivity (Wildman–Crippen MR) is 64.4 cm³/mol. The van der Waals surface area contributed by atoms with E-state index in [2.05, 4.69) is 0 Å². The molecule has 0 aromatic heterocycles. The van der Waals surface area contributed by atoms with E-state index in [9.17, 15) is 17.2 Å². The van der Waals surface area contributed by atoms with Crippen LogP contribution in [-0.4, -0.2) is 33.8 Å². The van der Waals surface area contributed by atoms with E-state index in [-0.39, 0.29) is 4.90 Å². The molecule has 1 heterocycles. The van der Waals surface area contributed by atoms with Crippen LogP contribution in [0, 0.1) is 5.92 Å². The molecule has 0 bridgehead atoms. The second-order valence-electron chi connectivity index (χ2n) is 4.28. The number of nitrogens with two attached hydrogens (primary N) is 1. The zero-order valence-corrected chi connectivity index (χ0v) is 10.4. The number of halogens is 2. The molecule has 0 saturated carbocycles.